The van der Waals surface area contributed by atoms with Crippen molar-refractivity contribution in [2.24, 2.45) is 5.92 Å². The van der Waals surface area contributed by atoms with Gasteiger partial charge in [0, 0.05) is 24.3 Å². The fraction of sp³-hybridized carbons (Fsp3) is 0.636. The molecule has 3 N–H and O–H groups in total. The smallest absolute Gasteiger partial charge is 0.328 e. The standard InChI is InChI=1S/C11H14F2N2O4/c1-5-3-15(10(19)14-9(5)18)7-2-6(4-16)8(17)11(7,12)13/h3,6-8,16-17H,2,4H2,1H3,(H,14,18,19)/t6-,7-,8-/m1/s1. The molecule has 1 aromatic heterocycles. The van der Waals surface area contributed by atoms with Crippen LogP contribution in [-0.4, -0.2) is 38.4 Å². The number of aromatic nitrogens is 2. The molecule has 1 aromatic rings. The normalized spacial score (nSPS) is 29.6. The van der Waals surface area contributed by atoms with Crippen LogP contribution < -0.4 is 11.2 Å². The van der Waals surface area contributed by atoms with Crippen LogP contribution in [0.2, 0.25) is 0 Å². The molecule has 0 unspecified atom stereocenters. The Hall–Kier alpha value is -1.54. The Bertz CT molecular complexity index is 595. The van der Waals surface area contributed by atoms with Crippen LogP contribution in [0.25, 0.3) is 0 Å². The number of nitrogens with one attached hydrogen (secondary N) is 1. The summed E-state index contributed by atoms with van der Waals surface area (Å²) < 4.78 is 28.6. The van der Waals surface area contributed by atoms with E-state index in [1.807, 2.05) is 4.98 Å². The lowest BCUT2D eigenvalue weighted by atomic mass is 10.1. The van der Waals surface area contributed by atoms with Crippen molar-refractivity contribution in [1.29, 1.82) is 0 Å². The van der Waals surface area contributed by atoms with Gasteiger partial charge in [-0.3, -0.25) is 14.3 Å². The van der Waals surface area contributed by atoms with Gasteiger partial charge in [0.25, 0.3) is 11.5 Å². The van der Waals surface area contributed by atoms with Crippen molar-refractivity contribution in [1.82, 2.24) is 9.55 Å². The van der Waals surface area contributed by atoms with E-state index in [4.69, 9.17) is 5.11 Å². The fourth-order valence-electron chi connectivity index (χ4n) is 2.38. The van der Waals surface area contributed by atoms with E-state index in [-0.39, 0.29) is 12.0 Å². The van der Waals surface area contributed by atoms with Gasteiger partial charge in [-0.05, 0) is 13.3 Å². The Balaban J connectivity index is 2.51. The molecule has 0 amide bonds. The lowest BCUT2D eigenvalue weighted by Crippen LogP contribution is -2.42. The van der Waals surface area contributed by atoms with E-state index in [9.17, 15) is 23.5 Å². The van der Waals surface area contributed by atoms with Crippen LogP contribution in [0.5, 0.6) is 0 Å². The zero-order valence-corrected chi connectivity index (χ0v) is 10.1. The Kier molecular flexibility index (Phi) is 3.31. The van der Waals surface area contributed by atoms with E-state index >= 15 is 0 Å². The quantitative estimate of drug-likeness (QED) is 0.672. The number of rotatable bonds is 2. The molecule has 1 heterocycles. The number of H-pyrrole nitrogens is 1. The molecule has 2 rings (SSSR count). The first kappa shape index (κ1) is 13.9. The molecule has 1 aliphatic rings. The molecule has 1 fully saturated rings. The summed E-state index contributed by atoms with van der Waals surface area (Å²) in [6.45, 7) is 0.798. The lowest BCUT2D eigenvalue weighted by molar-refractivity contribution is -0.123. The Labute approximate surface area is 106 Å². The van der Waals surface area contributed by atoms with Gasteiger partial charge in [-0.25, -0.2) is 13.6 Å². The molecule has 19 heavy (non-hydrogen) atoms. The Morgan fingerprint density at radius 3 is 2.68 bits per heavy atom. The van der Waals surface area contributed by atoms with Crippen molar-refractivity contribution in [3.8, 4) is 0 Å². The first-order valence-corrected chi connectivity index (χ1v) is 5.77. The van der Waals surface area contributed by atoms with Crippen LogP contribution in [-0.2, 0) is 0 Å². The summed E-state index contributed by atoms with van der Waals surface area (Å²) in [5.41, 5.74) is -1.47. The van der Waals surface area contributed by atoms with Gasteiger partial charge in [-0.15, -0.1) is 0 Å². The summed E-state index contributed by atoms with van der Waals surface area (Å²) in [6, 6.07) is -1.58. The molecule has 0 aromatic carbocycles. The van der Waals surface area contributed by atoms with E-state index in [0.29, 0.717) is 0 Å². The molecule has 3 atom stereocenters. The molecular weight excluding hydrogens is 262 g/mol. The average molecular weight is 276 g/mol. The summed E-state index contributed by atoms with van der Waals surface area (Å²) in [5.74, 6) is -4.54. The largest absolute Gasteiger partial charge is 0.396 e. The van der Waals surface area contributed by atoms with Crippen LogP contribution in [0, 0.1) is 12.8 Å². The van der Waals surface area contributed by atoms with Gasteiger partial charge in [0.15, 0.2) is 0 Å². The summed E-state index contributed by atoms with van der Waals surface area (Å²) in [7, 11) is 0. The third-order valence-electron chi connectivity index (χ3n) is 3.53. The summed E-state index contributed by atoms with van der Waals surface area (Å²) in [6.07, 6.45) is -1.20. The van der Waals surface area contributed by atoms with E-state index in [0.717, 1.165) is 10.8 Å². The van der Waals surface area contributed by atoms with E-state index in [1.165, 1.54) is 6.92 Å². The zero-order chi connectivity index (χ0) is 14.4. The van der Waals surface area contributed by atoms with Gasteiger partial charge in [-0.2, -0.15) is 0 Å². The fourth-order valence-corrected chi connectivity index (χ4v) is 2.38. The molecule has 1 saturated carbocycles. The zero-order valence-electron chi connectivity index (χ0n) is 10.1. The predicted octanol–water partition coefficient (Wildman–Crippen LogP) is -0.605. The number of halogens is 2. The number of hydrogen-bond acceptors (Lipinski definition) is 4. The highest BCUT2D eigenvalue weighted by atomic mass is 19.3. The molecule has 0 radical (unpaired) electrons. The molecule has 6 nitrogen and oxygen atoms in total. The van der Waals surface area contributed by atoms with E-state index in [1.54, 1.807) is 0 Å². The second kappa shape index (κ2) is 4.53. The summed E-state index contributed by atoms with van der Waals surface area (Å²) >= 11 is 0. The van der Waals surface area contributed by atoms with E-state index < -0.39 is 41.8 Å². The minimum Gasteiger partial charge on any atom is -0.396 e. The highest BCUT2D eigenvalue weighted by molar-refractivity contribution is 5.07. The maximum Gasteiger partial charge on any atom is 0.328 e. The molecule has 8 heteroatoms. The highest BCUT2D eigenvalue weighted by Crippen LogP contribution is 2.46. The molecule has 1 aliphatic carbocycles. The van der Waals surface area contributed by atoms with Crippen LogP contribution >= 0.6 is 0 Å². The molecular formula is C11H14F2N2O4. The van der Waals surface area contributed by atoms with Gasteiger partial charge < -0.3 is 10.2 Å². The average Bonchev–Trinajstić information content (AvgIpc) is 2.56. The lowest BCUT2D eigenvalue weighted by Gasteiger charge is -2.23. The highest BCUT2D eigenvalue weighted by Gasteiger charge is 2.57. The third kappa shape index (κ3) is 2.10. The number of hydrogen-bond donors (Lipinski definition) is 3. The van der Waals surface area contributed by atoms with Gasteiger partial charge in [0.05, 0.1) is 0 Å². The van der Waals surface area contributed by atoms with Gasteiger partial charge in [0.1, 0.15) is 12.1 Å². The molecule has 0 spiro atoms. The van der Waals surface area contributed by atoms with Crippen molar-refractivity contribution in [3.63, 3.8) is 0 Å². The molecule has 0 bridgehead atoms. The number of aliphatic hydroxyl groups excluding tert-OH is 2. The number of aryl methyl sites for hydroxylation is 1. The monoisotopic (exact) mass is 276 g/mol. The maximum absolute atomic E-state index is 13.9. The van der Waals surface area contributed by atoms with Crippen molar-refractivity contribution >= 4 is 0 Å². The molecule has 0 aliphatic heterocycles. The number of nitrogens with zero attached hydrogens (tertiary/aromatic N) is 1. The van der Waals surface area contributed by atoms with Gasteiger partial charge in [0.2, 0.25) is 0 Å². The number of aliphatic hydroxyl groups is 2. The first-order chi connectivity index (χ1) is 8.78. The topological polar surface area (TPSA) is 95.3 Å². The molecule has 106 valence electrons. The minimum absolute atomic E-state index is 0.123. The van der Waals surface area contributed by atoms with Crippen LogP contribution in [0.3, 0.4) is 0 Å². The first-order valence-electron chi connectivity index (χ1n) is 5.77. The van der Waals surface area contributed by atoms with Crippen molar-refractivity contribution in [2.45, 2.75) is 31.4 Å². The SMILES string of the molecule is Cc1cn([C@@H]2C[C@H](CO)[C@@H](O)C2(F)F)c(=O)[nH]c1=O. The maximum atomic E-state index is 13.9. The van der Waals surface area contributed by atoms with Crippen LogP contribution in [0.1, 0.15) is 18.0 Å². The Morgan fingerprint density at radius 1 is 1.53 bits per heavy atom. The van der Waals surface area contributed by atoms with Crippen molar-refractivity contribution < 1.29 is 19.0 Å². The van der Waals surface area contributed by atoms with Gasteiger partial charge >= 0.3 is 5.69 Å². The second-order valence-electron chi connectivity index (χ2n) is 4.79. The Morgan fingerprint density at radius 2 is 2.16 bits per heavy atom. The van der Waals surface area contributed by atoms with Gasteiger partial charge in [-0.1, -0.05) is 0 Å². The second-order valence-corrected chi connectivity index (χ2v) is 4.79. The third-order valence-corrected chi connectivity index (χ3v) is 3.53. The number of alkyl halides is 2. The van der Waals surface area contributed by atoms with Crippen LogP contribution in [0.15, 0.2) is 15.8 Å². The van der Waals surface area contributed by atoms with Crippen molar-refractivity contribution in [3.05, 3.63) is 32.6 Å². The number of aromatic amines is 1. The summed E-state index contributed by atoms with van der Waals surface area (Å²) in [5, 5.41) is 18.4. The van der Waals surface area contributed by atoms with E-state index in [2.05, 4.69) is 0 Å². The predicted molar refractivity (Wildman–Crippen MR) is 61.2 cm³/mol. The van der Waals surface area contributed by atoms with Crippen molar-refractivity contribution in [2.75, 3.05) is 6.61 Å². The summed E-state index contributed by atoms with van der Waals surface area (Å²) in [4.78, 5) is 24.7. The minimum atomic E-state index is -3.54. The van der Waals surface area contributed by atoms with Crippen LogP contribution in [0.4, 0.5) is 8.78 Å². The molecule has 0 saturated heterocycles.